The summed E-state index contributed by atoms with van der Waals surface area (Å²) in [5.74, 6) is 0.270. The molecule has 2 heterocycles. The highest BCUT2D eigenvalue weighted by atomic mass is 32.2. The van der Waals surface area contributed by atoms with Gasteiger partial charge in [0.25, 0.3) is 0 Å². The lowest BCUT2D eigenvalue weighted by Gasteiger charge is -2.38. The minimum Gasteiger partial charge on any atom is -0.381 e. The summed E-state index contributed by atoms with van der Waals surface area (Å²) < 4.78 is 5.49. The van der Waals surface area contributed by atoms with Crippen LogP contribution in [0.15, 0.2) is 18.2 Å². The maximum absolute atomic E-state index is 13.7. The van der Waals surface area contributed by atoms with Crippen LogP contribution in [0.2, 0.25) is 0 Å². The van der Waals surface area contributed by atoms with E-state index >= 15 is 0 Å². The van der Waals surface area contributed by atoms with E-state index in [-0.39, 0.29) is 42.9 Å². The summed E-state index contributed by atoms with van der Waals surface area (Å²) in [6.45, 7) is 8.21. The number of aromatic nitrogens is 1. The first-order valence-corrected chi connectivity index (χ1v) is 17.9. The predicted molar refractivity (Wildman–Crippen MR) is 178 cm³/mol. The molecule has 2 rings (SSSR count). The largest absolute Gasteiger partial charge is 0.381 e. The molecule has 0 saturated carbocycles. The van der Waals surface area contributed by atoms with Gasteiger partial charge in [-0.2, -0.15) is 23.5 Å². The molecular formula is C31H50N6O6S2. The number of pyridine rings is 1. The molecule has 5 amide bonds. The van der Waals surface area contributed by atoms with Crippen LogP contribution >= 0.6 is 23.5 Å². The lowest BCUT2D eigenvalue weighted by molar-refractivity contribution is -0.140. The predicted octanol–water partition coefficient (Wildman–Crippen LogP) is 2.03. The Hall–Kier alpha value is -2.84. The van der Waals surface area contributed by atoms with Gasteiger partial charge in [-0.25, -0.2) is 0 Å². The molecule has 1 aliphatic rings. The second kappa shape index (κ2) is 19.6. The molecule has 1 aliphatic heterocycles. The normalized spacial score (nSPS) is 16.3. The second-order valence-corrected chi connectivity index (χ2v) is 14.1. The van der Waals surface area contributed by atoms with E-state index in [2.05, 4.69) is 20.9 Å². The molecule has 45 heavy (non-hydrogen) atoms. The maximum Gasteiger partial charge on any atom is 0.246 e. The summed E-state index contributed by atoms with van der Waals surface area (Å²) >= 11 is 3.17. The first-order chi connectivity index (χ1) is 21.4. The van der Waals surface area contributed by atoms with Crippen LogP contribution in [0.4, 0.5) is 0 Å². The van der Waals surface area contributed by atoms with Crippen molar-refractivity contribution in [2.45, 2.75) is 95.3 Å². The highest BCUT2D eigenvalue weighted by Crippen LogP contribution is 2.23. The van der Waals surface area contributed by atoms with Gasteiger partial charge in [0, 0.05) is 61.9 Å². The number of thioether (sulfide) groups is 2. The number of nitrogens with two attached hydrogens (primary N) is 2. The van der Waals surface area contributed by atoms with Crippen LogP contribution in [0.5, 0.6) is 0 Å². The van der Waals surface area contributed by atoms with Crippen LogP contribution in [0, 0.1) is 11.8 Å². The molecule has 7 N–H and O–H groups in total. The average molecular weight is 667 g/mol. The molecule has 3 atom stereocenters. The fourth-order valence-corrected chi connectivity index (χ4v) is 6.53. The van der Waals surface area contributed by atoms with Crippen LogP contribution in [0.3, 0.4) is 0 Å². The third-order valence-corrected chi connectivity index (χ3v) is 9.62. The van der Waals surface area contributed by atoms with Crippen molar-refractivity contribution >= 4 is 53.1 Å². The van der Waals surface area contributed by atoms with E-state index in [1.54, 1.807) is 23.5 Å². The number of ether oxygens (including phenoxy) is 1. The number of amides is 5. The van der Waals surface area contributed by atoms with Gasteiger partial charge in [-0.15, -0.1) is 0 Å². The van der Waals surface area contributed by atoms with Crippen molar-refractivity contribution < 1.29 is 28.7 Å². The summed E-state index contributed by atoms with van der Waals surface area (Å²) in [5.41, 5.74) is 11.3. The first-order valence-electron chi connectivity index (χ1n) is 15.5. The number of rotatable bonds is 20. The van der Waals surface area contributed by atoms with E-state index in [1.807, 2.05) is 45.9 Å². The third kappa shape index (κ3) is 13.6. The van der Waals surface area contributed by atoms with Gasteiger partial charge in [-0.1, -0.05) is 40.2 Å². The van der Waals surface area contributed by atoms with Crippen molar-refractivity contribution in [2.24, 2.45) is 23.3 Å². The summed E-state index contributed by atoms with van der Waals surface area (Å²) in [6.07, 6.45) is 2.08. The highest BCUT2D eigenvalue weighted by molar-refractivity contribution is 7.98. The molecule has 12 nitrogen and oxygen atoms in total. The van der Waals surface area contributed by atoms with Crippen LogP contribution in [0.1, 0.15) is 77.6 Å². The number of hydrogen-bond donors (Lipinski definition) is 5. The van der Waals surface area contributed by atoms with E-state index in [0.717, 1.165) is 11.4 Å². The Kier molecular flexibility index (Phi) is 16.7. The van der Waals surface area contributed by atoms with Crippen LogP contribution in [-0.2, 0) is 40.2 Å². The van der Waals surface area contributed by atoms with E-state index in [0.29, 0.717) is 55.5 Å². The van der Waals surface area contributed by atoms with Crippen LogP contribution < -0.4 is 27.4 Å². The SMILES string of the molecule is CC[C@H](C)[C@H](NC(=O)[C@H](CC(C)C)NC(=O)C1(NC(=O)CCSCc2cccc(CSCCC(N)=O)n2)CCOCC1)C(N)=O. The smallest absolute Gasteiger partial charge is 0.246 e. The minimum atomic E-state index is -1.21. The summed E-state index contributed by atoms with van der Waals surface area (Å²) in [4.78, 5) is 67.7. The van der Waals surface area contributed by atoms with Gasteiger partial charge in [0.15, 0.2) is 0 Å². The molecular weight excluding hydrogens is 617 g/mol. The standard InChI is InChI=1S/C31H50N6O6S2/c1-5-21(4)27(28(33)40)36-29(41)24(17-20(2)3)35-30(42)31(11-13-43-14-12-31)37-26(39)10-16-45-19-23-8-6-7-22(34-23)18-44-15-9-25(32)38/h6-8,20-21,24,27H,5,9-19H2,1-4H3,(H2,32,38)(H2,33,40)(H,35,42)(H,36,41)(H,37,39)/t21-,24-,27-/m0/s1. The van der Waals surface area contributed by atoms with Gasteiger partial charge in [-0.05, 0) is 30.4 Å². The van der Waals surface area contributed by atoms with Crippen molar-refractivity contribution in [1.82, 2.24) is 20.9 Å². The lowest BCUT2D eigenvalue weighted by Crippen LogP contribution is -2.64. The number of primary amides is 2. The van der Waals surface area contributed by atoms with Gasteiger partial charge in [-0.3, -0.25) is 29.0 Å². The molecule has 1 fully saturated rings. The fraction of sp³-hybridized carbons (Fsp3) is 0.677. The van der Waals surface area contributed by atoms with Gasteiger partial charge >= 0.3 is 0 Å². The Morgan fingerprint density at radius 2 is 1.56 bits per heavy atom. The van der Waals surface area contributed by atoms with E-state index in [1.165, 1.54) is 0 Å². The molecule has 252 valence electrons. The Bertz CT molecular complexity index is 1150. The molecule has 14 heteroatoms. The van der Waals surface area contributed by atoms with Gasteiger partial charge in [0.2, 0.25) is 29.5 Å². The number of carbonyl (C=O) groups excluding carboxylic acids is 5. The number of hydrogen-bond acceptors (Lipinski definition) is 9. The second-order valence-electron chi connectivity index (χ2n) is 11.9. The van der Waals surface area contributed by atoms with Crippen LogP contribution in [-0.4, -0.2) is 76.9 Å². The molecule has 0 radical (unpaired) electrons. The summed E-state index contributed by atoms with van der Waals surface area (Å²) in [6, 6.07) is 4.06. The number of carbonyl (C=O) groups is 5. The maximum atomic E-state index is 13.7. The number of nitrogens with one attached hydrogen (secondary N) is 3. The number of nitrogens with zero attached hydrogens (tertiary/aromatic N) is 1. The molecule has 0 unspecified atom stereocenters. The zero-order chi connectivity index (χ0) is 33.4. The molecule has 1 aromatic rings. The van der Waals surface area contributed by atoms with E-state index in [4.69, 9.17) is 16.2 Å². The molecule has 0 bridgehead atoms. The molecule has 0 spiro atoms. The van der Waals surface area contributed by atoms with Crippen molar-refractivity contribution in [3.8, 4) is 0 Å². The van der Waals surface area contributed by atoms with Crippen molar-refractivity contribution in [3.63, 3.8) is 0 Å². The molecule has 0 aliphatic carbocycles. The van der Waals surface area contributed by atoms with Crippen molar-refractivity contribution in [1.29, 1.82) is 0 Å². The minimum absolute atomic E-state index is 0.0738. The van der Waals surface area contributed by atoms with E-state index in [9.17, 15) is 24.0 Å². The zero-order valence-corrected chi connectivity index (χ0v) is 28.5. The summed E-state index contributed by atoms with van der Waals surface area (Å²) in [5, 5.41) is 8.57. The van der Waals surface area contributed by atoms with Gasteiger partial charge < -0.3 is 32.2 Å². The quantitative estimate of drug-likeness (QED) is 0.129. The summed E-state index contributed by atoms with van der Waals surface area (Å²) in [7, 11) is 0. The first kappa shape index (κ1) is 38.3. The molecule has 1 aromatic heterocycles. The Balaban J connectivity index is 1.97. The van der Waals surface area contributed by atoms with Crippen molar-refractivity contribution in [2.75, 3.05) is 24.7 Å². The Morgan fingerprint density at radius 1 is 0.956 bits per heavy atom. The Labute approximate surface area is 275 Å². The fourth-order valence-electron chi connectivity index (χ4n) is 4.82. The molecule has 0 aromatic carbocycles. The van der Waals surface area contributed by atoms with Crippen molar-refractivity contribution in [3.05, 3.63) is 29.6 Å². The Morgan fingerprint density at radius 3 is 2.09 bits per heavy atom. The zero-order valence-electron chi connectivity index (χ0n) is 26.9. The van der Waals surface area contributed by atoms with Crippen LogP contribution in [0.25, 0.3) is 0 Å². The highest BCUT2D eigenvalue weighted by Gasteiger charge is 2.43. The topological polar surface area (TPSA) is 196 Å². The molecule has 1 saturated heterocycles. The van der Waals surface area contributed by atoms with E-state index < -0.39 is 35.3 Å². The average Bonchev–Trinajstić information content (AvgIpc) is 2.99. The third-order valence-electron chi connectivity index (χ3n) is 7.64. The van der Waals surface area contributed by atoms with Gasteiger partial charge in [0.05, 0.1) is 11.4 Å². The lowest BCUT2D eigenvalue weighted by atomic mass is 9.87. The monoisotopic (exact) mass is 666 g/mol. The van der Waals surface area contributed by atoms with Gasteiger partial charge in [0.1, 0.15) is 17.6 Å².